The number of fused-ring (bicyclic) bond motifs is 1. The highest BCUT2D eigenvalue weighted by atomic mass is 32.2. The third kappa shape index (κ3) is 5.18. The van der Waals surface area contributed by atoms with Crippen molar-refractivity contribution in [2.75, 3.05) is 11.5 Å². The number of hydrogen-bond donors (Lipinski definition) is 1. The Labute approximate surface area is 162 Å². The SMILES string of the molecule is Cc1ccc(Cn2c(SCCCS(N)(=O)=O)nc3ccccc3c2=O)cc1. The van der Waals surface area contributed by atoms with Crippen LogP contribution in [0.3, 0.4) is 0 Å². The number of aryl methyl sites for hydroxylation is 1. The Morgan fingerprint density at radius 3 is 2.52 bits per heavy atom. The third-order valence-electron chi connectivity index (χ3n) is 4.09. The fraction of sp³-hybridized carbons (Fsp3) is 0.263. The second-order valence-electron chi connectivity index (χ2n) is 6.36. The summed E-state index contributed by atoms with van der Waals surface area (Å²) in [5.41, 5.74) is 2.69. The Morgan fingerprint density at radius 1 is 1.11 bits per heavy atom. The molecule has 1 heterocycles. The molecule has 3 aromatic rings. The zero-order valence-electron chi connectivity index (χ0n) is 15.0. The minimum absolute atomic E-state index is 0.0875. The Kier molecular flexibility index (Phi) is 5.98. The van der Waals surface area contributed by atoms with E-state index in [9.17, 15) is 13.2 Å². The van der Waals surface area contributed by atoms with Gasteiger partial charge in [0, 0.05) is 5.75 Å². The highest BCUT2D eigenvalue weighted by molar-refractivity contribution is 7.99. The molecule has 27 heavy (non-hydrogen) atoms. The van der Waals surface area contributed by atoms with Crippen molar-refractivity contribution < 1.29 is 8.42 Å². The summed E-state index contributed by atoms with van der Waals surface area (Å²) < 4.78 is 23.9. The van der Waals surface area contributed by atoms with Gasteiger partial charge in [-0.05, 0) is 31.0 Å². The number of rotatable bonds is 7. The number of sulfonamides is 1. The quantitative estimate of drug-likeness (QED) is 0.372. The number of hydrogen-bond acceptors (Lipinski definition) is 5. The fourth-order valence-electron chi connectivity index (χ4n) is 2.70. The van der Waals surface area contributed by atoms with Gasteiger partial charge in [-0.25, -0.2) is 18.5 Å². The Balaban J connectivity index is 1.94. The van der Waals surface area contributed by atoms with Crippen molar-refractivity contribution in [3.8, 4) is 0 Å². The summed E-state index contributed by atoms with van der Waals surface area (Å²) in [5, 5.41) is 6.20. The maximum absolute atomic E-state index is 13.0. The molecule has 2 N–H and O–H groups in total. The fourth-order valence-corrected chi connectivity index (χ4v) is 4.36. The lowest BCUT2D eigenvalue weighted by molar-refractivity contribution is 0.596. The first kappa shape index (κ1) is 19.6. The molecule has 0 bridgehead atoms. The van der Waals surface area contributed by atoms with Crippen molar-refractivity contribution in [1.82, 2.24) is 9.55 Å². The molecule has 0 spiro atoms. The second-order valence-corrected chi connectivity index (χ2v) is 9.15. The topological polar surface area (TPSA) is 95.1 Å². The van der Waals surface area contributed by atoms with Crippen LogP contribution in [0.15, 0.2) is 58.5 Å². The lowest BCUT2D eigenvalue weighted by atomic mass is 10.1. The highest BCUT2D eigenvalue weighted by Gasteiger charge is 2.12. The van der Waals surface area contributed by atoms with E-state index in [4.69, 9.17) is 5.14 Å². The molecule has 0 aliphatic heterocycles. The summed E-state index contributed by atoms with van der Waals surface area (Å²) in [4.78, 5) is 17.6. The van der Waals surface area contributed by atoms with Crippen LogP contribution < -0.4 is 10.7 Å². The monoisotopic (exact) mass is 403 g/mol. The van der Waals surface area contributed by atoms with Gasteiger partial charge in [0.2, 0.25) is 10.0 Å². The first-order chi connectivity index (χ1) is 12.8. The van der Waals surface area contributed by atoms with Crippen LogP contribution in [0.4, 0.5) is 0 Å². The summed E-state index contributed by atoms with van der Waals surface area (Å²) in [6.07, 6.45) is 0.400. The van der Waals surface area contributed by atoms with E-state index in [1.165, 1.54) is 11.8 Å². The van der Waals surface area contributed by atoms with Crippen LogP contribution in [0.5, 0.6) is 0 Å². The minimum atomic E-state index is -3.49. The Morgan fingerprint density at radius 2 is 1.81 bits per heavy atom. The summed E-state index contributed by atoms with van der Waals surface area (Å²) in [7, 11) is -3.49. The van der Waals surface area contributed by atoms with E-state index in [2.05, 4.69) is 4.98 Å². The van der Waals surface area contributed by atoms with E-state index in [1.807, 2.05) is 43.3 Å². The molecular formula is C19H21N3O3S2. The molecule has 0 saturated carbocycles. The maximum Gasteiger partial charge on any atom is 0.262 e. The molecule has 0 fully saturated rings. The molecule has 8 heteroatoms. The number of para-hydroxylation sites is 1. The molecule has 0 amide bonds. The number of nitrogens with two attached hydrogens (primary N) is 1. The van der Waals surface area contributed by atoms with Crippen LogP contribution in [0, 0.1) is 6.92 Å². The Bertz CT molecular complexity index is 1110. The molecule has 2 aromatic carbocycles. The van der Waals surface area contributed by atoms with Gasteiger partial charge in [-0.1, -0.05) is 53.7 Å². The Hall–Kier alpha value is -2.16. The van der Waals surface area contributed by atoms with Crippen LogP contribution >= 0.6 is 11.8 Å². The van der Waals surface area contributed by atoms with E-state index in [-0.39, 0.29) is 11.3 Å². The number of benzene rings is 2. The molecule has 3 rings (SSSR count). The van der Waals surface area contributed by atoms with E-state index >= 15 is 0 Å². The first-order valence-electron chi connectivity index (χ1n) is 8.52. The molecular weight excluding hydrogens is 382 g/mol. The van der Waals surface area contributed by atoms with Crippen molar-refractivity contribution in [2.24, 2.45) is 5.14 Å². The van der Waals surface area contributed by atoms with Gasteiger partial charge in [0.1, 0.15) is 0 Å². The minimum Gasteiger partial charge on any atom is -0.283 e. The summed E-state index contributed by atoms with van der Waals surface area (Å²) in [6.45, 7) is 2.43. The van der Waals surface area contributed by atoms with Crippen LogP contribution in [-0.2, 0) is 16.6 Å². The third-order valence-corrected chi connectivity index (χ3v) is 6.01. The molecule has 6 nitrogen and oxygen atoms in total. The second kappa shape index (κ2) is 8.24. The van der Waals surface area contributed by atoms with Crippen molar-refractivity contribution >= 4 is 32.7 Å². The summed E-state index contributed by atoms with van der Waals surface area (Å²) in [6, 6.07) is 15.2. The van der Waals surface area contributed by atoms with Crippen molar-refractivity contribution in [3.63, 3.8) is 0 Å². The van der Waals surface area contributed by atoms with Crippen molar-refractivity contribution in [1.29, 1.82) is 0 Å². The number of primary sulfonamides is 1. The van der Waals surface area contributed by atoms with Crippen LogP contribution in [0.1, 0.15) is 17.5 Å². The molecule has 0 radical (unpaired) electrons. The highest BCUT2D eigenvalue weighted by Crippen LogP contribution is 2.20. The van der Waals surface area contributed by atoms with Gasteiger partial charge in [-0.2, -0.15) is 0 Å². The summed E-state index contributed by atoms with van der Waals surface area (Å²) >= 11 is 1.37. The molecule has 0 aliphatic rings. The largest absolute Gasteiger partial charge is 0.283 e. The van der Waals surface area contributed by atoms with Gasteiger partial charge in [0.15, 0.2) is 5.16 Å². The molecule has 0 saturated heterocycles. The average Bonchev–Trinajstić information content (AvgIpc) is 2.62. The maximum atomic E-state index is 13.0. The zero-order chi connectivity index (χ0) is 19.4. The van der Waals surface area contributed by atoms with E-state index in [1.54, 1.807) is 16.7 Å². The molecule has 0 unspecified atom stereocenters. The van der Waals surface area contributed by atoms with Crippen molar-refractivity contribution in [3.05, 3.63) is 70.0 Å². The standard InChI is InChI=1S/C19H21N3O3S2/c1-14-7-9-15(10-8-14)13-22-18(23)16-5-2-3-6-17(16)21-19(22)26-11-4-12-27(20,24)25/h2-3,5-10H,4,11-13H2,1H3,(H2,20,24,25). The van der Waals surface area contributed by atoms with Gasteiger partial charge in [0.05, 0.1) is 23.2 Å². The summed E-state index contributed by atoms with van der Waals surface area (Å²) in [5.74, 6) is 0.422. The molecule has 1 aromatic heterocycles. The van der Waals surface area contributed by atoms with Gasteiger partial charge in [-0.15, -0.1) is 0 Å². The lowest BCUT2D eigenvalue weighted by Gasteiger charge is -2.13. The van der Waals surface area contributed by atoms with Crippen LogP contribution in [-0.4, -0.2) is 29.5 Å². The molecule has 0 atom stereocenters. The van der Waals surface area contributed by atoms with Crippen LogP contribution in [0.25, 0.3) is 10.9 Å². The van der Waals surface area contributed by atoms with E-state index in [0.29, 0.717) is 34.8 Å². The molecule has 0 aliphatic carbocycles. The van der Waals surface area contributed by atoms with Gasteiger partial charge in [-0.3, -0.25) is 9.36 Å². The predicted molar refractivity (Wildman–Crippen MR) is 110 cm³/mol. The first-order valence-corrected chi connectivity index (χ1v) is 11.2. The molecule has 142 valence electrons. The van der Waals surface area contributed by atoms with Gasteiger partial charge >= 0.3 is 0 Å². The normalized spacial score (nSPS) is 11.8. The van der Waals surface area contributed by atoms with E-state index in [0.717, 1.165) is 11.1 Å². The number of nitrogens with zero attached hydrogens (tertiary/aromatic N) is 2. The number of aromatic nitrogens is 2. The zero-order valence-corrected chi connectivity index (χ0v) is 16.6. The van der Waals surface area contributed by atoms with Gasteiger partial charge < -0.3 is 0 Å². The average molecular weight is 404 g/mol. The van der Waals surface area contributed by atoms with Gasteiger partial charge in [0.25, 0.3) is 5.56 Å². The van der Waals surface area contributed by atoms with Crippen molar-refractivity contribution in [2.45, 2.75) is 25.0 Å². The smallest absolute Gasteiger partial charge is 0.262 e. The van der Waals surface area contributed by atoms with Crippen LogP contribution in [0.2, 0.25) is 0 Å². The predicted octanol–water partition coefficient (Wildman–Crippen LogP) is 2.52. The number of thioether (sulfide) groups is 1. The lowest BCUT2D eigenvalue weighted by Crippen LogP contribution is -2.24. The van der Waals surface area contributed by atoms with E-state index < -0.39 is 10.0 Å².